The zero-order chi connectivity index (χ0) is 12.0. The number of carbonyl (C=O) groups excluding carboxylic acids is 1. The normalized spacial score (nSPS) is 10.5. The van der Waals surface area contributed by atoms with Gasteiger partial charge in [-0.05, 0) is 24.1 Å². The van der Waals surface area contributed by atoms with Crippen LogP contribution >= 0.6 is 0 Å². The number of aromatic nitrogens is 1. The highest BCUT2D eigenvalue weighted by Gasteiger charge is 2.07. The Morgan fingerprint density at radius 1 is 1.50 bits per heavy atom. The maximum absolute atomic E-state index is 10.4. The maximum atomic E-state index is 10.4. The van der Waals surface area contributed by atoms with Gasteiger partial charge in [0.15, 0.2) is 0 Å². The van der Waals surface area contributed by atoms with E-state index in [-0.39, 0.29) is 0 Å². The molecule has 0 saturated carbocycles. The fraction of sp³-hybridized carbons (Fsp3) is 0.500. The number of pyridine rings is 1. The standard InChI is InChI=1S/C12H19N3O/c1-4-13-6-11-5-10(9(2)3)7-14-12(11)15-8-16/h5,7-9,13H,4,6H2,1-3H3,(H,14,15,16). The minimum Gasteiger partial charge on any atom is -0.313 e. The van der Waals surface area contributed by atoms with E-state index >= 15 is 0 Å². The Morgan fingerprint density at radius 3 is 2.81 bits per heavy atom. The summed E-state index contributed by atoms with van der Waals surface area (Å²) in [7, 11) is 0. The molecule has 0 aliphatic heterocycles. The second-order valence-corrected chi connectivity index (χ2v) is 3.97. The number of rotatable bonds is 6. The van der Waals surface area contributed by atoms with Crippen molar-refractivity contribution in [1.82, 2.24) is 10.3 Å². The van der Waals surface area contributed by atoms with E-state index in [1.54, 1.807) is 0 Å². The first-order chi connectivity index (χ1) is 7.69. The third kappa shape index (κ3) is 3.31. The first kappa shape index (κ1) is 12.6. The molecule has 0 unspecified atom stereocenters. The van der Waals surface area contributed by atoms with E-state index in [9.17, 15) is 4.79 Å². The molecule has 4 heteroatoms. The van der Waals surface area contributed by atoms with E-state index in [0.717, 1.165) is 18.7 Å². The van der Waals surface area contributed by atoms with Gasteiger partial charge in [0.2, 0.25) is 6.41 Å². The van der Waals surface area contributed by atoms with Crippen molar-refractivity contribution in [2.75, 3.05) is 11.9 Å². The second kappa shape index (κ2) is 6.23. The average molecular weight is 221 g/mol. The van der Waals surface area contributed by atoms with E-state index in [2.05, 4.69) is 35.5 Å². The fourth-order valence-corrected chi connectivity index (χ4v) is 1.42. The van der Waals surface area contributed by atoms with Crippen molar-refractivity contribution >= 4 is 12.2 Å². The van der Waals surface area contributed by atoms with Crippen LogP contribution in [-0.2, 0) is 11.3 Å². The topological polar surface area (TPSA) is 54.0 Å². The molecule has 0 atom stereocenters. The summed E-state index contributed by atoms with van der Waals surface area (Å²) >= 11 is 0. The lowest BCUT2D eigenvalue weighted by atomic mass is 10.0. The van der Waals surface area contributed by atoms with Crippen molar-refractivity contribution in [3.63, 3.8) is 0 Å². The third-order valence-electron chi connectivity index (χ3n) is 2.42. The van der Waals surface area contributed by atoms with E-state index in [1.165, 1.54) is 5.56 Å². The molecule has 1 aromatic heterocycles. The minimum atomic E-state index is 0.443. The van der Waals surface area contributed by atoms with Crippen LogP contribution in [0.5, 0.6) is 0 Å². The Balaban J connectivity index is 2.95. The molecule has 1 aromatic rings. The summed E-state index contributed by atoms with van der Waals surface area (Å²) in [6.07, 6.45) is 2.47. The van der Waals surface area contributed by atoms with Crippen molar-refractivity contribution in [3.05, 3.63) is 23.4 Å². The number of amides is 1. The van der Waals surface area contributed by atoms with Crippen LogP contribution in [0.3, 0.4) is 0 Å². The molecule has 2 N–H and O–H groups in total. The van der Waals surface area contributed by atoms with Crippen molar-refractivity contribution < 1.29 is 4.79 Å². The smallest absolute Gasteiger partial charge is 0.212 e. The van der Waals surface area contributed by atoms with Gasteiger partial charge in [0, 0.05) is 18.3 Å². The Morgan fingerprint density at radius 2 is 2.25 bits per heavy atom. The Hall–Kier alpha value is -1.42. The van der Waals surface area contributed by atoms with E-state index < -0.39 is 0 Å². The third-order valence-corrected chi connectivity index (χ3v) is 2.42. The molecule has 0 aliphatic rings. The van der Waals surface area contributed by atoms with Crippen molar-refractivity contribution in [3.8, 4) is 0 Å². The summed E-state index contributed by atoms with van der Waals surface area (Å²) in [5.41, 5.74) is 2.21. The zero-order valence-electron chi connectivity index (χ0n) is 10.1. The van der Waals surface area contributed by atoms with Gasteiger partial charge in [-0.25, -0.2) is 4.98 Å². The molecule has 88 valence electrons. The highest BCUT2D eigenvalue weighted by molar-refractivity contribution is 5.70. The molecule has 16 heavy (non-hydrogen) atoms. The van der Waals surface area contributed by atoms with Crippen LogP contribution in [0, 0.1) is 0 Å². The van der Waals surface area contributed by atoms with E-state index in [1.807, 2.05) is 13.1 Å². The fourth-order valence-electron chi connectivity index (χ4n) is 1.42. The van der Waals surface area contributed by atoms with Crippen molar-refractivity contribution in [2.45, 2.75) is 33.2 Å². The monoisotopic (exact) mass is 221 g/mol. The molecule has 1 heterocycles. The zero-order valence-corrected chi connectivity index (χ0v) is 10.1. The number of carbonyl (C=O) groups is 1. The Labute approximate surface area is 96.5 Å². The SMILES string of the molecule is CCNCc1cc(C(C)C)cnc1NC=O. The molecule has 0 spiro atoms. The number of hydrogen-bond acceptors (Lipinski definition) is 3. The van der Waals surface area contributed by atoms with E-state index in [0.29, 0.717) is 18.1 Å². The quantitative estimate of drug-likeness (QED) is 0.721. The molecule has 0 aliphatic carbocycles. The molecular weight excluding hydrogens is 202 g/mol. The number of nitrogens with one attached hydrogen (secondary N) is 2. The predicted molar refractivity (Wildman–Crippen MR) is 65.4 cm³/mol. The van der Waals surface area contributed by atoms with Gasteiger partial charge >= 0.3 is 0 Å². The van der Waals surface area contributed by atoms with Gasteiger partial charge in [0.1, 0.15) is 5.82 Å². The number of anilines is 1. The van der Waals surface area contributed by atoms with Crippen LogP contribution in [-0.4, -0.2) is 17.9 Å². The first-order valence-electron chi connectivity index (χ1n) is 5.58. The van der Waals surface area contributed by atoms with Gasteiger partial charge < -0.3 is 10.6 Å². The van der Waals surface area contributed by atoms with Crippen LogP contribution in [0.2, 0.25) is 0 Å². The summed E-state index contributed by atoms with van der Waals surface area (Å²) in [6.45, 7) is 7.92. The van der Waals surface area contributed by atoms with E-state index in [4.69, 9.17) is 0 Å². The predicted octanol–water partition coefficient (Wildman–Crippen LogP) is 1.88. The molecule has 4 nitrogen and oxygen atoms in total. The lowest BCUT2D eigenvalue weighted by Crippen LogP contribution is -2.14. The summed E-state index contributed by atoms with van der Waals surface area (Å²) in [5.74, 6) is 1.08. The lowest BCUT2D eigenvalue weighted by molar-refractivity contribution is -0.105. The summed E-state index contributed by atoms with van der Waals surface area (Å²) < 4.78 is 0. The molecule has 0 bridgehead atoms. The molecule has 0 aromatic carbocycles. The highest BCUT2D eigenvalue weighted by atomic mass is 16.1. The molecule has 0 radical (unpaired) electrons. The van der Waals surface area contributed by atoms with Gasteiger partial charge in [0.25, 0.3) is 0 Å². The van der Waals surface area contributed by atoms with Crippen LogP contribution in [0.25, 0.3) is 0 Å². The Kier molecular flexibility index (Phi) is 4.92. The Bertz CT molecular complexity index is 350. The van der Waals surface area contributed by atoms with Crippen LogP contribution < -0.4 is 10.6 Å². The highest BCUT2D eigenvalue weighted by Crippen LogP contribution is 2.19. The summed E-state index contributed by atoms with van der Waals surface area (Å²) in [5, 5.41) is 5.85. The number of nitrogens with zero attached hydrogens (tertiary/aromatic N) is 1. The van der Waals surface area contributed by atoms with Crippen molar-refractivity contribution in [2.24, 2.45) is 0 Å². The largest absolute Gasteiger partial charge is 0.313 e. The maximum Gasteiger partial charge on any atom is 0.212 e. The van der Waals surface area contributed by atoms with Gasteiger partial charge in [-0.3, -0.25) is 4.79 Å². The van der Waals surface area contributed by atoms with Crippen LogP contribution in [0.15, 0.2) is 12.3 Å². The first-order valence-corrected chi connectivity index (χ1v) is 5.58. The minimum absolute atomic E-state index is 0.443. The summed E-state index contributed by atoms with van der Waals surface area (Å²) in [4.78, 5) is 14.7. The van der Waals surface area contributed by atoms with Gasteiger partial charge in [0.05, 0.1) is 0 Å². The molecule has 0 fully saturated rings. The van der Waals surface area contributed by atoms with Crippen LogP contribution in [0.4, 0.5) is 5.82 Å². The second-order valence-electron chi connectivity index (χ2n) is 3.97. The van der Waals surface area contributed by atoms with Gasteiger partial charge in [-0.2, -0.15) is 0 Å². The van der Waals surface area contributed by atoms with Crippen LogP contribution in [0.1, 0.15) is 37.8 Å². The molecule has 0 saturated heterocycles. The number of hydrogen-bond donors (Lipinski definition) is 2. The molecule has 1 amide bonds. The molecular formula is C12H19N3O. The van der Waals surface area contributed by atoms with Gasteiger partial charge in [-0.15, -0.1) is 0 Å². The average Bonchev–Trinajstić information content (AvgIpc) is 2.27. The summed E-state index contributed by atoms with van der Waals surface area (Å²) in [6, 6.07) is 2.09. The molecule has 1 rings (SSSR count). The lowest BCUT2D eigenvalue weighted by Gasteiger charge is -2.12. The van der Waals surface area contributed by atoms with Gasteiger partial charge in [-0.1, -0.05) is 20.8 Å². The van der Waals surface area contributed by atoms with Crippen molar-refractivity contribution in [1.29, 1.82) is 0 Å².